The summed E-state index contributed by atoms with van der Waals surface area (Å²) in [6, 6.07) is 67.0. The number of benzene rings is 8. The molecule has 8 aromatic carbocycles. The van der Waals surface area contributed by atoms with E-state index in [-0.39, 0.29) is 23.9 Å². The fourth-order valence-electron chi connectivity index (χ4n) is 8.39. The van der Waals surface area contributed by atoms with Gasteiger partial charge < -0.3 is 10.6 Å². The van der Waals surface area contributed by atoms with Crippen molar-refractivity contribution in [3.8, 4) is 0 Å². The highest BCUT2D eigenvalue weighted by atomic mass is 31.1. The summed E-state index contributed by atoms with van der Waals surface area (Å²) in [4.78, 5) is 29.3. The first kappa shape index (κ1) is 37.6. The highest BCUT2D eigenvalue weighted by Crippen LogP contribution is 2.36. The lowest BCUT2D eigenvalue weighted by atomic mass is 9.89. The molecule has 9 rings (SSSR count). The molecule has 2 amide bonds. The van der Waals surface area contributed by atoms with Crippen molar-refractivity contribution in [2.24, 2.45) is 0 Å². The summed E-state index contributed by atoms with van der Waals surface area (Å²) in [6.07, 6.45) is 3.57. The number of hydrogen-bond acceptors (Lipinski definition) is 2. The van der Waals surface area contributed by atoms with E-state index in [9.17, 15) is 9.59 Å². The Bertz CT molecular complexity index is 2420. The number of rotatable bonds is 10. The minimum Gasteiger partial charge on any atom is -0.347 e. The molecule has 2 atom stereocenters. The van der Waals surface area contributed by atoms with E-state index in [1.54, 1.807) is 0 Å². The van der Waals surface area contributed by atoms with Gasteiger partial charge in [-0.15, -0.1) is 0 Å². The highest BCUT2D eigenvalue weighted by Gasteiger charge is 2.30. The third-order valence-electron chi connectivity index (χ3n) is 11.2. The SMILES string of the molecule is O=C(N[C@@H]1CCCC[C@H]1NC(=O)c1cc(P(c2ccccc2)c2ccccc2)cc2ccccc12)c1cc(P(c2ccccc2)c2ccccc2)cc2ccccc12. The van der Waals surface area contributed by atoms with Crippen LogP contribution >= 0.6 is 15.8 Å². The van der Waals surface area contributed by atoms with Crippen molar-refractivity contribution in [1.29, 1.82) is 0 Å². The molecule has 284 valence electrons. The number of hydrogen-bond donors (Lipinski definition) is 2. The van der Waals surface area contributed by atoms with Gasteiger partial charge in [-0.05, 0) is 106 Å². The molecule has 0 aromatic heterocycles. The molecular weight excluding hydrogens is 747 g/mol. The van der Waals surface area contributed by atoms with Crippen LogP contribution in [0.5, 0.6) is 0 Å². The number of nitrogens with one attached hydrogen (secondary N) is 2. The van der Waals surface area contributed by atoms with Crippen LogP contribution in [0.2, 0.25) is 0 Å². The van der Waals surface area contributed by atoms with E-state index >= 15 is 0 Å². The number of carbonyl (C=O) groups is 2. The molecule has 2 N–H and O–H groups in total. The topological polar surface area (TPSA) is 58.2 Å². The number of fused-ring (bicyclic) bond motifs is 2. The molecule has 1 saturated carbocycles. The van der Waals surface area contributed by atoms with Gasteiger partial charge in [0.15, 0.2) is 0 Å². The molecule has 0 aliphatic heterocycles. The zero-order chi connectivity index (χ0) is 39.3. The van der Waals surface area contributed by atoms with Crippen LogP contribution in [-0.2, 0) is 0 Å². The second-order valence-electron chi connectivity index (χ2n) is 14.9. The normalized spacial score (nSPS) is 15.4. The standard InChI is InChI=1S/C52H44N2O2P2/c55-51(47-35-43(33-37-19-13-15-29-45(37)47)57(39-21-5-1-6-22-39)40-23-7-2-8-24-40)53-49-31-17-18-32-50(49)54-52(56)48-36-44(34-38-20-14-16-30-46(38)48)58(41-25-9-3-10-26-41)42-27-11-4-12-28-42/h1-16,19-30,33-36,49-50H,17-18,31-32H2,(H,53,55)(H,54,56)/t49-,50-/m1/s1. The highest BCUT2D eigenvalue weighted by molar-refractivity contribution is 7.80. The first-order chi connectivity index (χ1) is 28.6. The van der Waals surface area contributed by atoms with E-state index in [1.807, 2.05) is 60.7 Å². The van der Waals surface area contributed by atoms with E-state index in [0.29, 0.717) is 11.1 Å². The van der Waals surface area contributed by atoms with E-state index in [1.165, 1.54) is 21.2 Å². The van der Waals surface area contributed by atoms with Crippen LogP contribution in [0.3, 0.4) is 0 Å². The Hall–Kier alpha value is -5.92. The summed E-state index contributed by atoms with van der Waals surface area (Å²) in [7, 11) is -1.83. The fraction of sp³-hybridized carbons (Fsp3) is 0.115. The second-order valence-corrected chi connectivity index (χ2v) is 19.3. The zero-order valence-corrected chi connectivity index (χ0v) is 34.0. The van der Waals surface area contributed by atoms with Crippen molar-refractivity contribution >= 4 is 81.0 Å². The Kier molecular flexibility index (Phi) is 11.2. The summed E-state index contributed by atoms with van der Waals surface area (Å²) in [5, 5.41) is 18.0. The predicted molar refractivity (Wildman–Crippen MR) is 246 cm³/mol. The van der Waals surface area contributed by atoms with Crippen LogP contribution in [0.4, 0.5) is 0 Å². The van der Waals surface area contributed by atoms with Gasteiger partial charge in [0.2, 0.25) is 0 Å². The molecule has 1 aliphatic carbocycles. The van der Waals surface area contributed by atoms with E-state index in [0.717, 1.165) is 57.8 Å². The molecule has 58 heavy (non-hydrogen) atoms. The molecule has 0 heterocycles. The Balaban J connectivity index is 1.04. The van der Waals surface area contributed by atoms with Crippen molar-refractivity contribution in [1.82, 2.24) is 10.6 Å². The van der Waals surface area contributed by atoms with Crippen LogP contribution in [0.15, 0.2) is 194 Å². The predicted octanol–water partition coefficient (Wildman–Crippen LogP) is 8.98. The fourth-order valence-corrected chi connectivity index (χ4v) is 13.1. The second kappa shape index (κ2) is 17.3. The van der Waals surface area contributed by atoms with E-state index in [4.69, 9.17) is 0 Å². The van der Waals surface area contributed by atoms with Gasteiger partial charge in [-0.3, -0.25) is 9.59 Å². The van der Waals surface area contributed by atoms with Crippen molar-refractivity contribution in [3.63, 3.8) is 0 Å². The molecule has 0 saturated heterocycles. The van der Waals surface area contributed by atoms with Crippen LogP contribution < -0.4 is 42.5 Å². The molecule has 4 nitrogen and oxygen atoms in total. The summed E-state index contributed by atoms with van der Waals surface area (Å²) in [5.41, 5.74) is 1.33. The quantitative estimate of drug-likeness (QED) is 0.136. The van der Waals surface area contributed by atoms with Gasteiger partial charge in [0.1, 0.15) is 0 Å². The van der Waals surface area contributed by atoms with Gasteiger partial charge >= 0.3 is 0 Å². The Labute approximate surface area is 342 Å². The lowest BCUT2D eigenvalue weighted by Gasteiger charge is -2.33. The van der Waals surface area contributed by atoms with Crippen molar-refractivity contribution in [3.05, 3.63) is 205 Å². The zero-order valence-electron chi connectivity index (χ0n) is 32.2. The van der Waals surface area contributed by atoms with Crippen molar-refractivity contribution in [2.75, 3.05) is 0 Å². The molecular formula is C52H44N2O2P2. The lowest BCUT2D eigenvalue weighted by Crippen LogP contribution is -2.53. The molecule has 1 aliphatic rings. The van der Waals surface area contributed by atoms with Crippen LogP contribution in [-0.4, -0.2) is 23.9 Å². The molecule has 0 spiro atoms. The molecule has 0 radical (unpaired) electrons. The number of carbonyl (C=O) groups excluding carboxylic acids is 2. The van der Waals surface area contributed by atoms with Gasteiger partial charge in [0, 0.05) is 23.2 Å². The molecule has 0 bridgehead atoms. The Morgan fingerprint density at radius 1 is 0.379 bits per heavy atom. The van der Waals surface area contributed by atoms with Gasteiger partial charge in [-0.1, -0.05) is 183 Å². The first-order valence-corrected chi connectivity index (χ1v) is 22.8. The molecule has 1 fully saturated rings. The van der Waals surface area contributed by atoms with E-state index in [2.05, 4.69) is 144 Å². The average molecular weight is 791 g/mol. The van der Waals surface area contributed by atoms with Crippen LogP contribution in [0, 0.1) is 0 Å². The Morgan fingerprint density at radius 2 is 0.690 bits per heavy atom. The minimum atomic E-state index is -0.914. The maximum atomic E-state index is 14.6. The Morgan fingerprint density at radius 3 is 1.03 bits per heavy atom. The summed E-state index contributed by atoms with van der Waals surface area (Å²) < 4.78 is 0. The largest absolute Gasteiger partial charge is 0.347 e. The van der Waals surface area contributed by atoms with Crippen molar-refractivity contribution < 1.29 is 9.59 Å². The molecule has 6 heteroatoms. The third-order valence-corrected chi connectivity index (χ3v) is 16.0. The maximum absolute atomic E-state index is 14.6. The van der Waals surface area contributed by atoms with Crippen LogP contribution in [0.25, 0.3) is 21.5 Å². The summed E-state index contributed by atoms with van der Waals surface area (Å²) >= 11 is 0. The third kappa shape index (κ3) is 7.96. The van der Waals surface area contributed by atoms with Gasteiger partial charge in [-0.25, -0.2) is 0 Å². The maximum Gasteiger partial charge on any atom is 0.252 e. The minimum absolute atomic E-state index is 0.107. The van der Waals surface area contributed by atoms with Gasteiger partial charge in [0.05, 0.1) is 0 Å². The van der Waals surface area contributed by atoms with Gasteiger partial charge in [0.25, 0.3) is 11.8 Å². The summed E-state index contributed by atoms with van der Waals surface area (Å²) in [6.45, 7) is 0. The number of amides is 2. The van der Waals surface area contributed by atoms with Crippen LogP contribution in [0.1, 0.15) is 46.4 Å². The summed E-state index contributed by atoms with van der Waals surface area (Å²) in [5.74, 6) is -0.215. The molecule has 8 aromatic rings. The van der Waals surface area contributed by atoms with Gasteiger partial charge in [-0.2, -0.15) is 0 Å². The monoisotopic (exact) mass is 790 g/mol. The van der Waals surface area contributed by atoms with E-state index < -0.39 is 15.8 Å². The first-order valence-electron chi connectivity index (χ1n) is 20.1. The smallest absolute Gasteiger partial charge is 0.252 e. The molecule has 0 unspecified atom stereocenters. The average Bonchev–Trinajstić information content (AvgIpc) is 3.28. The lowest BCUT2D eigenvalue weighted by molar-refractivity contribution is 0.0864. The van der Waals surface area contributed by atoms with Crippen molar-refractivity contribution in [2.45, 2.75) is 37.8 Å².